The average Bonchev–Trinajstić information content (AvgIpc) is 2.14. The summed E-state index contributed by atoms with van der Waals surface area (Å²) in [4.78, 5) is 0. The molecule has 0 aromatic rings. The second kappa shape index (κ2) is 9.41. The van der Waals surface area contributed by atoms with Crippen LogP contribution in [0.2, 0.25) is 0 Å². The number of hydrogen-bond acceptors (Lipinski definition) is 6. The Morgan fingerprint density at radius 2 is 1.73 bits per heavy atom. The number of rotatable bonds is 10. The molecule has 0 heterocycles. The van der Waals surface area contributed by atoms with E-state index in [4.69, 9.17) is 9.47 Å². The van der Waals surface area contributed by atoms with Gasteiger partial charge in [0.15, 0.2) is 0 Å². The van der Waals surface area contributed by atoms with Gasteiger partial charge in [-0.15, -0.1) is 0 Å². The van der Waals surface area contributed by atoms with Gasteiger partial charge in [-0.2, -0.15) is 11.8 Å². The third kappa shape index (κ3) is 14.2. The van der Waals surface area contributed by atoms with E-state index in [-0.39, 0.29) is 6.61 Å². The van der Waals surface area contributed by atoms with Crippen LogP contribution in [0.3, 0.4) is 0 Å². The highest BCUT2D eigenvalue weighted by Gasteiger charge is 1.95. The maximum atomic E-state index is 10.2. The van der Waals surface area contributed by atoms with Crippen molar-refractivity contribution in [2.24, 2.45) is 0 Å². The van der Waals surface area contributed by atoms with Gasteiger partial charge in [0.25, 0.3) is 0 Å². The molecule has 0 rings (SSSR count). The van der Waals surface area contributed by atoms with Crippen molar-refractivity contribution < 1.29 is 22.4 Å². The minimum Gasteiger partial charge on any atom is -0.748 e. The van der Waals surface area contributed by atoms with Crippen LogP contribution in [0.5, 0.6) is 0 Å². The maximum absolute atomic E-state index is 10.2. The van der Waals surface area contributed by atoms with Gasteiger partial charge in [0.05, 0.1) is 42.3 Å². The van der Waals surface area contributed by atoms with Crippen molar-refractivity contribution in [2.45, 2.75) is 6.92 Å². The summed E-state index contributed by atoms with van der Waals surface area (Å²) in [5.74, 6) is 1.55. The van der Waals surface area contributed by atoms with Gasteiger partial charge in [0.1, 0.15) is 0 Å². The molecule has 0 unspecified atom stereocenters. The summed E-state index contributed by atoms with van der Waals surface area (Å²) < 4.78 is 40.6. The molecule has 15 heavy (non-hydrogen) atoms. The van der Waals surface area contributed by atoms with E-state index < -0.39 is 15.9 Å². The molecule has 0 aliphatic heterocycles. The fourth-order valence-electron chi connectivity index (χ4n) is 0.745. The summed E-state index contributed by atoms with van der Waals surface area (Å²) in [6, 6.07) is 0. The lowest BCUT2D eigenvalue weighted by molar-refractivity contribution is 0.0597. The van der Waals surface area contributed by atoms with Crippen LogP contribution in [0, 0.1) is 0 Å². The zero-order chi connectivity index (χ0) is 11.6. The SMILES string of the molecule is CCSCCOCCOCCS(=O)(=O)[O-]. The van der Waals surface area contributed by atoms with E-state index in [1.54, 1.807) is 11.8 Å². The predicted molar refractivity (Wildman–Crippen MR) is 59.2 cm³/mol. The molecule has 0 fully saturated rings. The summed E-state index contributed by atoms with van der Waals surface area (Å²) in [6.45, 7) is 3.45. The Hall–Kier alpha value is 0.180. The summed E-state index contributed by atoms with van der Waals surface area (Å²) in [7, 11) is -4.15. The Bertz CT molecular complexity index is 227. The van der Waals surface area contributed by atoms with E-state index in [1.165, 1.54) is 0 Å². The van der Waals surface area contributed by atoms with E-state index in [1.807, 2.05) is 0 Å². The van der Waals surface area contributed by atoms with Crippen molar-refractivity contribution in [1.82, 2.24) is 0 Å². The minimum absolute atomic E-state index is 0.0566. The third-order valence-electron chi connectivity index (χ3n) is 1.43. The van der Waals surface area contributed by atoms with Crippen LogP contribution in [0.4, 0.5) is 0 Å². The Kier molecular flexibility index (Phi) is 9.52. The Morgan fingerprint density at radius 1 is 1.13 bits per heavy atom. The van der Waals surface area contributed by atoms with Gasteiger partial charge >= 0.3 is 0 Å². The summed E-state index contributed by atoms with van der Waals surface area (Å²) in [5.41, 5.74) is 0. The fourth-order valence-corrected chi connectivity index (χ4v) is 1.59. The number of thioether (sulfide) groups is 1. The Balaban J connectivity index is 3.06. The molecule has 0 spiro atoms. The normalized spacial score (nSPS) is 11.9. The van der Waals surface area contributed by atoms with E-state index in [2.05, 4.69) is 6.92 Å². The largest absolute Gasteiger partial charge is 0.748 e. The molecule has 0 saturated heterocycles. The monoisotopic (exact) mass is 257 g/mol. The van der Waals surface area contributed by atoms with Gasteiger partial charge < -0.3 is 14.0 Å². The zero-order valence-corrected chi connectivity index (χ0v) is 10.4. The van der Waals surface area contributed by atoms with Crippen LogP contribution in [0.15, 0.2) is 0 Å². The second-order valence-corrected chi connectivity index (χ2v) is 5.60. The fraction of sp³-hybridized carbons (Fsp3) is 1.00. The van der Waals surface area contributed by atoms with Crippen LogP contribution in [0.1, 0.15) is 6.92 Å². The maximum Gasteiger partial charge on any atom is 0.0968 e. The molecule has 0 aliphatic carbocycles. The summed E-state index contributed by atoms with van der Waals surface area (Å²) in [5, 5.41) is 0. The highest BCUT2D eigenvalue weighted by Crippen LogP contribution is 1.96. The molecule has 0 atom stereocenters. The van der Waals surface area contributed by atoms with Crippen molar-refractivity contribution in [1.29, 1.82) is 0 Å². The second-order valence-electron chi connectivity index (χ2n) is 2.68. The highest BCUT2D eigenvalue weighted by atomic mass is 32.2. The van der Waals surface area contributed by atoms with Crippen LogP contribution in [0.25, 0.3) is 0 Å². The standard InChI is InChI=1S/C8H18O5S2/c1-2-14-7-5-12-3-4-13-6-8-15(9,10)11/h2-8H2,1H3,(H,9,10,11)/p-1. The molecule has 0 aromatic carbocycles. The quantitative estimate of drug-likeness (QED) is 0.414. The van der Waals surface area contributed by atoms with Crippen molar-refractivity contribution >= 4 is 21.9 Å². The van der Waals surface area contributed by atoms with E-state index in [0.29, 0.717) is 19.8 Å². The van der Waals surface area contributed by atoms with Crippen LogP contribution in [-0.2, 0) is 19.6 Å². The summed E-state index contributed by atoms with van der Waals surface area (Å²) >= 11 is 1.79. The van der Waals surface area contributed by atoms with E-state index in [9.17, 15) is 13.0 Å². The van der Waals surface area contributed by atoms with Crippen molar-refractivity contribution in [2.75, 3.05) is 43.7 Å². The first-order valence-electron chi connectivity index (χ1n) is 4.73. The van der Waals surface area contributed by atoms with Crippen molar-refractivity contribution in [3.8, 4) is 0 Å². The smallest absolute Gasteiger partial charge is 0.0968 e. The molecular weight excluding hydrogens is 240 g/mol. The Labute approximate surface area is 95.3 Å². The predicted octanol–water partition coefficient (Wildman–Crippen LogP) is 0.318. The van der Waals surface area contributed by atoms with Crippen molar-refractivity contribution in [3.05, 3.63) is 0 Å². The highest BCUT2D eigenvalue weighted by molar-refractivity contribution is 7.99. The Morgan fingerprint density at radius 3 is 2.27 bits per heavy atom. The molecule has 0 amide bonds. The topological polar surface area (TPSA) is 75.7 Å². The molecule has 92 valence electrons. The van der Waals surface area contributed by atoms with Gasteiger partial charge in [0.2, 0.25) is 0 Å². The lowest BCUT2D eigenvalue weighted by Crippen LogP contribution is -2.14. The van der Waals surface area contributed by atoms with Gasteiger partial charge in [-0.25, -0.2) is 8.42 Å². The molecule has 0 N–H and O–H groups in total. The molecule has 7 heteroatoms. The third-order valence-corrected chi connectivity index (χ3v) is 2.96. The first kappa shape index (κ1) is 15.2. The van der Waals surface area contributed by atoms with Gasteiger partial charge in [-0.05, 0) is 5.75 Å². The van der Waals surface area contributed by atoms with Crippen LogP contribution < -0.4 is 0 Å². The van der Waals surface area contributed by atoms with E-state index in [0.717, 1.165) is 11.5 Å². The first-order valence-corrected chi connectivity index (χ1v) is 7.46. The molecule has 0 aliphatic rings. The molecule has 0 radical (unpaired) electrons. The first-order chi connectivity index (χ1) is 7.06. The van der Waals surface area contributed by atoms with Crippen molar-refractivity contribution in [3.63, 3.8) is 0 Å². The number of hydrogen-bond donors (Lipinski definition) is 0. The minimum atomic E-state index is -4.15. The molecule has 0 aromatic heterocycles. The zero-order valence-electron chi connectivity index (χ0n) is 8.81. The van der Waals surface area contributed by atoms with Gasteiger partial charge in [-0.1, -0.05) is 6.92 Å². The molecule has 0 saturated carbocycles. The number of ether oxygens (including phenoxy) is 2. The lowest BCUT2D eigenvalue weighted by atomic mass is 10.7. The summed E-state index contributed by atoms with van der Waals surface area (Å²) in [6.07, 6.45) is 0. The van der Waals surface area contributed by atoms with Gasteiger partial charge in [0, 0.05) is 5.75 Å². The van der Waals surface area contributed by atoms with Crippen LogP contribution >= 0.6 is 11.8 Å². The average molecular weight is 257 g/mol. The lowest BCUT2D eigenvalue weighted by Gasteiger charge is -2.07. The molecule has 5 nitrogen and oxygen atoms in total. The van der Waals surface area contributed by atoms with Gasteiger partial charge in [-0.3, -0.25) is 0 Å². The van der Waals surface area contributed by atoms with E-state index >= 15 is 0 Å². The molecule has 0 bridgehead atoms. The molecular formula is C8H17O5S2-. The van der Waals surface area contributed by atoms with Crippen LogP contribution in [-0.4, -0.2) is 56.7 Å².